The number of allylic oxidation sites excluding steroid dienone is 1. The molecule has 20 heavy (non-hydrogen) atoms. The van der Waals surface area contributed by atoms with E-state index in [4.69, 9.17) is 4.74 Å². The third-order valence-corrected chi connectivity index (χ3v) is 3.21. The molecule has 0 saturated heterocycles. The summed E-state index contributed by atoms with van der Waals surface area (Å²) in [6.07, 6.45) is 1.37. The standard InChI is InChI=1S/C17H12O3/c1-11-6-8-12(9-7-11)15(18)10-16-13-4-2-3-5-14(13)17(19)20-16/h2-10H,1H3/b16-10+. The Hall–Kier alpha value is -2.68. The second-order valence-electron chi connectivity index (χ2n) is 4.67. The first-order valence-corrected chi connectivity index (χ1v) is 6.29. The van der Waals surface area contributed by atoms with Gasteiger partial charge >= 0.3 is 5.97 Å². The summed E-state index contributed by atoms with van der Waals surface area (Å²) >= 11 is 0. The Morgan fingerprint density at radius 1 is 1.00 bits per heavy atom. The zero-order valence-electron chi connectivity index (χ0n) is 10.9. The van der Waals surface area contributed by atoms with Gasteiger partial charge in [-0.1, -0.05) is 48.0 Å². The number of ether oxygens (including phenoxy) is 1. The number of fused-ring (bicyclic) bond motifs is 1. The molecule has 0 aliphatic carbocycles. The summed E-state index contributed by atoms with van der Waals surface area (Å²) < 4.78 is 5.15. The Morgan fingerprint density at radius 3 is 2.35 bits per heavy atom. The molecule has 0 amide bonds. The van der Waals surface area contributed by atoms with Crippen molar-refractivity contribution in [1.29, 1.82) is 0 Å². The van der Waals surface area contributed by atoms with Gasteiger partial charge in [-0.25, -0.2) is 4.79 Å². The molecule has 98 valence electrons. The maximum atomic E-state index is 12.2. The van der Waals surface area contributed by atoms with E-state index in [1.54, 1.807) is 30.3 Å². The van der Waals surface area contributed by atoms with Gasteiger partial charge in [0.05, 0.1) is 5.56 Å². The summed E-state index contributed by atoms with van der Waals surface area (Å²) in [7, 11) is 0. The molecule has 0 fully saturated rings. The van der Waals surface area contributed by atoms with Crippen molar-refractivity contribution in [2.45, 2.75) is 6.92 Å². The van der Waals surface area contributed by atoms with Gasteiger partial charge in [-0.3, -0.25) is 4.79 Å². The lowest BCUT2D eigenvalue weighted by molar-refractivity contribution is 0.0715. The van der Waals surface area contributed by atoms with Crippen molar-refractivity contribution >= 4 is 17.5 Å². The fraction of sp³-hybridized carbons (Fsp3) is 0.0588. The Kier molecular flexibility index (Phi) is 2.95. The molecule has 3 heteroatoms. The fourth-order valence-electron chi connectivity index (χ4n) is 2.11. The van der Waals surface area contributed by atoms with E-state index in [0.29, 0.717) is 22.4 Å². The lowest BCUT2D eigenvalue weighted by Gasteiger charge is -2.00. The Morgan fingerprint density at radius 2 is 1.65 bits per heavy atom. The van der Waals surface area contributed by atoms with E-state index in [1.165, 1.54) is 6.08 Å². The van der Waals surface area contributed by atoms with Crippen LogP contribution >= 0.6 is 0 Å². The summed E-state index contributed by atoms with van der Waals surface area (Å²) in [6.45, 7) is 1.96. The summed E-state index contributed by atoms with van der Waals surface area (Å²) in [5.74, 6) is -0.274. The highest BCUT2D eigenvalue weighted by molar-refractivity contribution is 6.12. The zero-order chi connectivity index (χ0) is 14.1. The molecule has 2 aromatic rings. The summed E-state index contributed by atoms with van der Waals surface area (Å²) in [5, 5.41) is 0. The quantitative estimate of drug-likeness (QED) is 0.474. The molecule has 0 radical (unpaired) electrons. The van der Waals surface area contributed by atoms with Crippen molar-refractivity contribution in [1.82, 2.24) is 0 Å². The minimum absolute atomic E-state index is 0.176. The number of benzene rings is 2. The topological polar surface area (TPSA) is 43.4 Å². The van der Waals surface area contributed by atoms with Gasteiger partial charge in [0.15, 0.2) is 5.78 Å². The molecule has 0 unspecified atom stereocenters. The van der Waals surface area contributed by atoms with E-state index >= 15 is 0 Å². The molecule has 0 N–H and O–H groups in total. The highest BCUT2D eigenvalue weighted by atomic mass is 16.5. The average molecular weight is 264 g/mol. The highest BCUT2D eigenvalue weighted by Gasteiger charge is 2.26. The van der Waals surface area contributed by atoms with Crippen molar-refractivity contribution in [2.24, 2.45) is 0 Å². The van der Waals surface area contributed by atoms with Crippen molar-refractivity contribution in [2.75, 3.05) is 0 Å². The number of carbonyl (C=O) groups excluding carboxylic acids is 2. The largest absolute Gasteiger partial charge is 0.422 e. The number of hydrogen-bond donors (Lipinski definition) is 0. The van der Waals surface area contributed by atoms with Gasteiger partial charge < -0.3 is 4.74 Å². The third-order valence-electron chi connectivity index (χ3n) is 3.21. The molecular weight excluding hydrogens is 252 g/mol. The van der Waals surface area contributed by atoms with Crippen LogP contribution in [0.15, 0.2) is 54.6 Å². The monoisotopic (exact) mass is 264 g/mol. The molecule has 2 aromatic carbocycles. The SMILES string of the molecule is Cc1ccc(C(=O)/C=C2/OC(=O)c3ccccc32)cc1. The van der Waals surface area contributed by atoms with Gasteiger partial charge in [-0.2, -0.15) is 0 Å². The molecule has 0 bridgehead atoms. The first kappa shape index (κ1) is 12.4. The molecule has 1 aliphatic heterocycles. The minimum atomic E-state index is -0.413. The number of ketones is 1. The Bertz CT molecular complexity index is 724. The predicted molar refractivity (Wildman–Crippen MR) is 75.3 cm³/mol. The summed E-state index contributed by atoms with van der Waals surface area (Å²) in [4.78, 5) is 23.8. The number of rotatable bonds is 2. The molecule has 0 saturated carbocycles. The third kappa shape index (κ3) is 2.14. The van der Waals surface area contributed by atoms with Crippen LogP contribution in [0, 0.1) is 6.92 Å². The van der Waals surface area contributed by atoms with Gasteiger partial charge in [-0.05, 0) is 13.0 Å². The molecule has 0 spiro atoms. The van der Waals surface area contributed by atoms with Crippen LogP contribution in [0.3, 0.4) is 0 Å². The first-order valence-electron chi connectivity index (χ1n) is 6.29. The van der Waals surface area contributed by atoms with Crippen LogP contribution in [0.2, 0.25) is 0 Å². The van der Waals surface area contributed by atoms with Gasteiger partial charge in [-0.15, -0.1) is 0 Å². The van der Waals surface area contributed by atoms with Crippen LogP contribution in [0.5, 0.6) is 0 Å². The van der Waals surface area contributed by atoms with Crippen LogP contribution in [-0.2, 0) is 4.74 Å². The van der Waals surface area contributed by atoms with E-state index < -0.39 is 5.97 Å². The van der Waals surface area contributed by atoms with Gasteiger partial charge in [0.2, 0.25) is 0 Å². The van der Waals surface area contributed by atoms with Crippen LogP contribution < -0.4 is 0 Å². The lowest BCUT2D eigenvalue weighted by atomic mass is 10.0. The maximum absolute atomic E-state index is 12.2. The van der Waals surface area contributed by atoms with E-state index in [-0.39, 0.29) is 5.78 Å². The number of cyclic esters (lactones) is 1. The van der Waals surface area contributed by atoms with E-state index in [1.807, 2.05) is 25.1 Å². The molecule has 0 atom stereocenters. The molecule has 1 aliphatic rings. The van der Waals surface area contributed by atoms with E-state index in [0.717, 1.165) is 5.56 Å². The maximum Gasteiger partial charge on any atom is 0.344 e. The van der Waals surface area contributed by atoms with Crippen LogP contribution in [0.1, 0.15) is 31.8 Å². The van der Waals surface area contributed by atoms with Crippen LogP contribution in [0.25, 0.3) is 5.76 Å². The lowest BCUT2D eigenvalue weighted by Crippen LogP contribution is -1.97. The molecule has 3 rings (SSSR count). The fourth-order valence-corrected chi connectivity index (χ4v) is 2.11. The first-order chi connectivity index (χ1) is 9.65. The van der Waals surface area contributed by atoms with E-state index in [9.17, 15) is 9.59 Å². The van der Waals surface area contributed by atoms with Gasteiger partial charge in [0, 0.05) is 17.2 Å². The predicted octanol–water partition coefficient (Wildman–Crippen LogP) is 3.39. The second kappa shape index (κ2) is 4.78. The van der Waals surface area contributed by atoms with Crippen LogP contribution in [0.4, 0.5) is 0 Å². The normalized spacial score (nSPS) is 15.1. The average Bonchev–Trinajstić information content (AvgIpc) is 2.77. The van der Waals surface area contributed by atoms with Crippen LogP contribution in [-0.4, -0.2) is 11.8 Å². The zero-order valence-corrected chi connectivity index (χ0v) is 10.9. The molecular formula is C17H12O3. The number of aryl methyl sites for hydroxylation is 1. The van der Waals surface area contributed by atoms with Crippen molar-refractivity contribution in [3.63, 3.8) is 0 Å². The second-order valence-corrected chi connectivity index (χ2v) is 4.67. The van der Waals surface area contributed by atoms with Crippen molar-refractivity contribution < 1.29 is 14.3 Å². The number of esters is 1. The number of carbonyl (C=O) groups is 2. The van der Waals surface area contributed by atoms with E-state index in [2.05, 4.69) is 0 Å². The smallest absolute Gasteiger partial charge is 0.344 e. The number of hydrogen-bond acceptors (Lipinski definition) is 3. The van der Waals surface area contributed by atoms with Crippen molar-refractivity contribution in [3.05, 3.63) is 76.9 Å². The minimum Gasteiger partial charge on any atom is -0.422 e. The Balaban J connectivity index is 1.96. The van der Waals surface area contributed by atoms with Gasteiger partial charge in [0.25, 0.3) is 0 Å². The van der Waals surface area contributed by atoms with Crippen molar-refractivity contribution in [3.8, 4) is 0 Å². The summed E-state index contributed by atoms with van der Waals surface area (Å²) in [5.41, 5.74) is 2.82. The Labute approximate surface area is 116 Å². The molecule has 0 aromatic heterocycles. The highest BCUT2D eigenvalue weighted by Crippen LogP contribution is 2.29. The molecule has 3 nitrogen and oxygen atoms in total. The molecule has 1 heterocycles. The van der Waals surface area contributed by atoms with Gasteiger partial charge in [0.1, 0.15) is 5.76 Å². The summed E-state index contributed by atoms with van der Waals surface area (Å²) in [6, 6.07) is 14.3.